The van der Waals surface area contributed by atoms with E-state index in [4.69, 9.17) is 4.74 Å². The summed E-state index contributed by atoms with van der Waals surface area (Å²) in [5, 5.41) is 3.76. The molecule has 118 valence electrons. The first-order valence-electron chi connectivity index (χ1n) is 8.18. The van der Waals surface area contributed by atoms with Crippen molar-refractivity contribution >= 4 is 0 Å². The van der Waals surface area contributed by atoms with Gasteiger partial charge in [-0.2, -0.15) is 0 Å². The van der Waals surface area contributed by atoms with Gasteiger partial charge in [0.25, 0.3) is 0 Å². The highest BCUT2D eigenvalue weighted by molar-refractivity contribution is 5.26. The van der Waals surface area contributed by atoms with Gasteiger partial charge in [-0.25, -0.2) is 0 Å². The Hall–Kier alpha value is -0.900. The summed E-state index contributed by atoms with van der Waals surface area (Å²) in [6.45, 7) is 13.8. The first-order valence-corrected chi connectivity index (χ1v) is 8.18. The molecule has 0 amide bonds. The molecule has 1 saturated heterocycles. The van der Waals surface area contributed by atoms with Crippen molar-refractivity contribution in [2.45, 2.75) is 45.7 Å². The number of benzene rings is 1. The molecule has 0 aromatic heterocycles. The van der Waals surface area contributed by atoms with Gasteiger partial charge in [0.15, 0.2) is 0 Å². The zero-order valence-electron chi connectivity index (χ0n) is 14.0. The smallest absolute Gasteiger partial charge is 0.0594 e. The van der Waals surface area contributed by atoms with Crippen LogP contribution in [0.1, 0.15) is 44.4 Å². The fraction of sp³-hybridized carbons (Fsp3) is 0.667. The fourth-order valence-electron chi connectivity index (χ4n) is 3.15. The third-order valence-electron chi connectivity index (χ3n) is 4.54. The highest BCUT2D eigenvalue weighted by atomic mass is 16.5. The second kappa shape index (κ2) is 7.39. The quantitative estimate of drug-likeness (QED) is 0.871. The molecule has 0 saturated carbocycles. The van der Waals surface area contributed by atoms with Crippen LogP contribution in [0.5, 0.6) is 0 Å². The summed E-state index contributed by atoms with van der Waals surface area (Å²) in [4.78, 5) is 2.56. The lowest BCUT2D eigenvalue weighted by Gasteiger charge is -2.46. The van der Waals surface area contributed by atoms with Gasteiger partial charge in [0.1, 0.15) is 0 Å². The third kappa shape index (κ3) is 4.06. The average Bonchev–Trinajstić information content (AvgIpc) is 2.50. The second-order valence-electron chi connectivity index (χ2n) is 6.55. The van der Waals surface area contributed by atoms with Crippen molar-refractivity contribution < 1.29 is 4.74 Å². The van der Waals surface area contributed by atoms with E-state index in [2.05, 4.69) is 62.2 Å². The van der Waals surface area contributed by atoms with Gasteiger partial charge in [0, 0.05) is 18.6 Å². The van der Waals surface area contributed by atoms with Crippen LogP contribution in [-0.2, 0) is 4.74 Å². The van der Waals surface area contributed by atoms with E-state index in [1.807, 2.05) is 0 Å². The maximum absolute atomic E-state index is 5.52. The van der Waals surface area contributed by atoms with Crippen LogP contribution in [0.2, 0.25) is 0 Å². The predicted molar refractivity (Wildman–Crippen MR) is 88.7 cm³/mol. The van der Waals surface area contributed by atoms with E-state index in [0.717, 1.165) is 39.3 Å². The van der Waals surface area contributed by atoms with Gasteiger partial charge in [-0.15, -0.1) is 0 Å². The molecule has 21 heavy (non-hydrogen) atoms. The molecule has 1 aliphatic heterocycles. The molecular weight excluding hydrogens is 260 g/mol. The molecule has 1 fully saturated rings. The molecule has 0 radical (unpaired) electrons. The summed E-state index contributed by atoms with van der Waals surface area (Å²) in [6, 6.07) is 9.31. The van der Waals surface area contributed by atoms with E-state index in [1.165, 1.54) is 11.1 Å². The van der Waals surface area contributed by atoms with Gasteiger partial charge in [0.05, 0.1) is 19.3 Å². The molecule has 1 unspecified atom stereocenters. The molecule has 1 N–H and O–H groups in total. The van der Waals surface area contributed by atoms with E-state index < -0.39 is 0 Å². The highest BCUT2D eigenvalue weighted by Gasteiger charge is 2.36. The minimum Gasteiger partial charge on any atom is -0.379 e. The van der Waals surface area contributed by atoms with E-state index in [-0.39, 0.29) is 5.54 Å². The van der Waals surface area contributed by atoms with Crippen LogP contribution < -0.4 is 5.32 Å². The number of nitrogens with zero attached hydrogens (tertiary/aromatic N) is 1. The van der Waals surface area contributed by atoms with E-state index in [1.54, 1.807) is 0 Å². The Morgan fingerprint density at radius 1 is 1.19 bits per heavy atom. The van der Waals surface area contributed by atoms with Crippen molar-refractivity contribution in [1.82, 2.24) is 10.2 Å². The van der Waals surface area contributed by atoms with E-state index >= 15 is 0 Å². The first kappa shape index (κ1) is 16.5. The third-order valence-corrected chi connectivity index (χ3v) is 4.54. The van der Waals surface area contributed by atoms with Crippen LogP contribution in [0, 0.1) is 6.92 Å². The van der Waals surface area contributed by atoms with Crippen LogP contribution in [0.25, 0.3) is 0 Å². The molecule has 3 nitrogen and oxygen atoms in total. The zero-order valence-corrected chi connectivity index (χ0v) is 14.0. The normalized spacial score (nSPS) is 18.7. The average molecular weight is 290 g/mol. The molecular formula is C18H30N2O. The van der Waals surface area contributed by atoms with Crippen LogP contribution in [0.3, 0.4) is 0 Å². The van der Waals surface area contributed by atoms with Crippen LogP contribution >= 0.6 is 0 Å². The predicted octanol–water partition coefficient (Wildman–Crippen LogP) is 3.15. The summed E-state index contributed by atoms with van der Waals surface area (Å²) in [5.41, 5.74) is 2.77. The number of aryl methyl sites for hydroxylation is 1. The molecule has 3 heteroatoms. The Morgan fingerprint density at radius 2 is 1.81 bits per heavy atom. The molecule has 0 aliphatic carbocycles. The molecule has 0 spiro atoms. The summed E-state index contributed by atoms with van der Waals surface area (Å²) in [5.74, 6) is 0. The Kier molecular flexibility index (Phi) is 5.80. The molecule has 1 aromatic rings. The number of morpholine rings is 1. The zero-order chi connectivity index (χ0) is 15.3. The lowest BCUT2D eigenvalue weighted by atomic mass is 9.86. The summed E-state index contributed by atoms with van der Waals surface area (Å²) in [6.07, 6.45) is 1.15. The molecule has 0 bridgehead atoms. The van der Waals surface area contributed by atoms with Crippen molar-refractivity contribution in [1.29, 1.82) is 0 Å². The summed E-state index contributed by atoms with van der Waals surface area (Å²) < 4.78 is 5.52. The maximum Gasteiger partial charge on any atom is 0.0594 e. The number of nitrogens with one attached hydrogen (secondary N) is 1. The van der Waals surface area contributed by atoms with Crippen LogP contribution in [0.4, 0.5) is 0 Å². The molecule has 1 aromatic carbocycles. The number of hydrogen-bond donors (Lipinski definition) is 1. The van der Waals surface area contributed by atoms with Gasteiger partial charge in [-0.05, 0) is 39.3 Å². The second-order valence-corrected chi connectivity index (χ2v) is 6.55. The summed E-state index contributed by atoms with van der Waals surface area (Å²) in [7, 11) is 0. The number of rotatable bonds is 6. The molecule has 1 aliphatic rings. The van der Waals surface area contributed by atoms with Gasteiger partial charge >= 0.3 is 0 Å². The molecule has 1 heterocycles. The Labute approximate surface area is 129 Å². The topological polar surface area (TPSA) is 24.5 Å². The minimum atomic E-state index is 0.0776. The standard InChI is InChI=1S/C18H30N2O/c1-5-10-19-17(16-8-6-15(2)7-9-16)18(3,4)20-11-13-21-14-12-20/h6-9,17,19H,5,10-14H2,1-4H3. The first-order chi connectivity index (χ1) is 10.1. The van der Waals surface area contributed by atoms with Gasteiger partial charge < -0.3 is 10.1 Å². The SMILES string of the molecule is CCCNC(c1ccc(C)cc1)C(C)(C)N1CCOCC1. The lowest BCUT2D eigenvalue weighted by molar-refractivity contribution is -0.0238. The highest BCUT2D eigenvalue weighted by Crippen LogP contribution is 2.32. The Bertz CT molecular complexity index is 421. The van der Waals surface area contributed by atoms with Gasteiger partial charge in [-0.3, -0.25) is 4.90 Å². The summed E-state index contributed by atoms with van der Waals surface area (Å²) >= 11 is 0. The monoisotopic (exact) mass is 290 g/mol. The van der Waals surface area contributed by atoms with E-state index in [9.17, 15) is 0 Å². The maximum atomic E-state index is 5.52. The van der Waals surface area contributed by atoms with Crippen LogP contribution in [-0.4, -0.2) is 43.3 Å². The van der Waals surface area contributed by atoms with Gasteiger partial charge in [0.2, 0.25) is 0 Å². The van der Waals surface area contributed by atoms with Crippen molar-refractivity contribution in [3.8, 4) is 0 Å². The van der Waals surface area contributed by atoms with E-state index in [0.29, 0.717) is 6.04 Å². The van der Waals surface area contributed by atoms with Crippen molar-refractivity contribution in [2.75, 3.05) is 32.8 Å². The largest absolute Gasteiger partial charge is 0.379 e. The fourth-order valence-corrected chi connectivity index (χ4v) is 3.15. The molecule has 1 atom stereocenters. The Balaban J connectivity index is 2.22. The van der Waals surface area contributed by atoms with Crippen molar-refractivity contribution in [3.05, 3.63) is 35.4 Å². The Morgan fingerprint density at radius 3 is 2.38 bits per heavy atom. The number of hydrogen-bond acceptors (Lipinski definition) is 3. The minimum absolute atomic E-state index is 0.0776. The van der Waals surface area contributed by atoms with Crippen LogP contribution in [0.15, 0.2) is 24.3 Å². The molecule has 2 rings (SSSR count). The number of ether oxygens (including phenoxy) is 1. The van der Waals surface area contributed by atoms with Crippen molar-refractivity contribution in [2.24, 2.45) is 0 Å². The van der Waals surface area contributed by atoms with Crippen molar-refractivity contribution in [3.63, 3.8) is 0 Å². The lowest BCUT2D eigenvalue weighted by Crippen LogP contribution is -2.56. The van der Waals surface area contributed by atoms with Gasteiger partial charge in [-0.1, -0.05) is 36.8 Å².